The maximum atomic E-state index is 3.54. The summed E-state index contributed by atoms with van der Waals surface area (Å²) in [5, 5.41) is 1.80. The Hall–Kier alpha value is -0.600. The fraction of sp³-hybridized carbons (Fsp3) is 0.143. The zero-order valence-corrected chi connectivity index (χ0v) is 12.0. The van der Waals surface area contributed by atoms with Crippen molar-refractivity contribution in [3.05, 3.63) is 59.7 Å². The summed E-state index contributed by atoms with van der Waals surface area (Å²) >= 11 is 7.04. The van der Waals surface area contributed by atoms with E-state index in [0.29, 0.717) is 0 Å². The first kappa shape index (κ1) is 11.9. The monoisotopic (exact) mass is 338 g/mol. The lowest BCUT2D eigenvalue weighted by molar-refractivity contribution is 1.30. The summed E-state index contributed by atoms with van der Waals surface area (Å²) in [6.07, 6.45) is 0. The van der Waals surface area contributed by atoms with Crippen molar-refractivity contribution in [3.63, 3.8) is 0 Å². The number of hydrogen-bond donors (Lipinski definition) is 0. The first-order valence-corrected chi connectivity index (χ1v) is 7.38. The zero-order chi connectivity index (χ0) is 11.4. The van der Waals surface area contributed by atoms with E-state index in [-0.39, 0.29) is 0 Å². The number of hydrogen-bond acceptors (Lipinski definition) is 0. The van der Waals surface area contributed by atoms with Crippen molar-refractivity contribution in [1.82, 2.24) is 0 Å². The van der Waals surface area contributed by atoms with Crippen LogP contribution in [0.3, 0.4) is 0 Å². The van der Waals surface area contributed by atoms with Gasteiger partial charge in [-0.05, 0) is 22.3 Å². The Balaban J connectivity index is 2.44. The summed E-state index contributed by atoms with van der Waals surface area (Å²) in [7, 11) is 0. The molecule has 16 heavy (non-hydrogen) atoms. The second-order valence-corrected chi connectivity index (χ2v) is 4.74. The third kappa shape index (κ3) is 2.55. The molecule has 0 aliphatic rings. The molecule has 0 atom stereocenters. The molecule has 0 radical (unpaired) electrons. The normalized spacial score (nSPS) is 10.4. The minimum atomic E-state index is 0.897. The van der Waals surface area contributed by atoms with Crippen molar-refractivity contribution in [2.75, 3.05) is 0 Å². The van der Waals surface area contributed by atoms with Crippen LogP contribution >= 0.6 is 31.9 Å². The van der Waals surface area contributed by atoms with Crippen LogP contribution < -0.4 is 0 Å². The quantitative estimate of drug-likeness (QED) is 0.679. The lowest BCUT2D eigenvalue weighted by Gasteiger charge is -2.08. The van der Waals surface area contributed by atoms with Crippen molar-refractivity contribution in [2.45, 2.75) is 10.7 Å². The van der Waals surface area contributed by atoms with Crippen LogP contribution in [-0.2, 0) is 10.7 Å². The Morgan fingerprint density at radius 2 is 1.38 bits per heavy atom. The highest BCUT2D eigenvalue weighted by Gasteiger charge is 2.03. The smallest absolute Gasteiger partial charge is 0.0286 e. The topological polar surface area (TPSA) is 0 Å². The van der Waals surface area contributed by atoms with E-state index in [0.717, 1.165) is 10.7 Å². The number of benzene rings is 2. The summed E-state index contributed by atoms with van der Waals surface area (Å²) in [4.78, 5) is 0. The summed E-state index contributed by atoms with van der Waals surface area (Å²) in [5.41, 5.74) is 5.24. The van der Waals surface area contributed by atoms with E-state index in [4.69, 9.17) is 0 Å². The van der Waals surface area contributed by atoms with Crippen LogP contribution in [0.15, 0.2) is 48.5 Å². The number of alkyl halides is 2. The Kier molecular flexibility index (Phi) is 4.19. The highest BCUT2D eigenvalue weighted by atomic mass is 79.9. The van der Waals surface area contributed by atoms with Gasteiger partial charge in [0.05, 0.1) is 0 Å². The number of rotatable bonds is 3. The SMILES string of the molecule is BrCc1ccc(-c2ccccc2)cc1CBr. The van der Waals surface area contributed by atoms with Crippen molar-refractivity contribution in [3.8, 4) is 11.1 Å². The summed E-state index contributed by atoms with van der Waals surface area (Å²) in [6.45, 7) is 0. The van der Waals surface area contributed by atoms with E-state index in [1.807, 2.05) is 6.07 Å². The van der Waals surface area contributed by atoms with Gasteiger partial charge < -0.3 is 0 Å². The Morgan fingerprint density at radius 3 is 2.00 bits per heavy atom. The van der Waals surface area contributed by atoms with Crippen LogP contribution in [0.5, 0.6) is 0 Å². The highest BCUT2D eigenvalue weighted by Crippen LogP contribution is 2.24. The van der Waals surface area contributed by atoms with Gasteiger partial charge in [-0.3, -0.25) is 0 Å². The third-order valence-corrected chi connectivity index (χ3v) is 3.81. The molecule has 0 unspecified atom stereocenters. The molecule has 2 heteroatoms. The van der Waals surface area contributed by atoms with Crippen LogP contribution in [0.4, 0.5) is 0 Å². The van der Waals surface area contributed by atoms with E-state index >= 15 is 0 Å². The summed E-state index contributed by atoms with van der Waals surface area (Å²) < 4.78 is 0. The lowest BCUT2D eigenvalue weighted by Crippen LogP contribution is -1.89. The lowest BCUT2D eigenvalue weighted by atomic mass is 10.0. The fourth-order valence-corrected chi connectivity index (χ4v) is 2.76. The van der Waals surface area contributed by atoms with Crippen molar-refractivity contribution < 1.29 is 0 Å². The predicted octanol–water partition coefficient (Wildman–Crippen LogP) is 5.14. The molecule has 0 aromatic heterocycles. The van der Waals surface area contributed by atoms with Gasteiger partial charge >= 0.3 is 0 Å². The van der Waals surface area contributed by atoms with Crippen molar-refractivity contribution in [2.24, 2.45) is 0 Å². The average Bonchev–Trinajstić information content (AvgIpc) is 2.39. The molecule has 0 N–H and O–H groups in total. The van der Waals surface area contributed by atoms with Gasteiger partial charge in [-0.2, -0.15) is 0 Å². The molecule has 0 saturated carbocycles. The molecule has 2 rings (SSSR count). The van der Waals surface area contributed by atoms with E-state index in [2.05, 4.69) is 74.3 Å². The Morgan fingerprint density at radius 1 is 0.688 bits per heavy atom. The maximum Gasteiger partial charge on any atom is 0.0286 e. The second kappa shape index (κ2) is 5.65. The van der Waals surface area contributed by atoms with Crippen LogP contribution in [0.1, 0.15) is 11.1 Å². The van der Waals surface area contributed by atoms with Gasteiger partial charge in [-0.1, -0.05) is 80.4 Å². The average molecular weight is 340 g/mol. The standard InChI is InChI=1S/C14H12Br2/c15-9-13-7-6-12(8-14(13)10-16)11-4-2-1-3-5-11/h1-8H,9-10H2. The van der Waals surface area contributed by atoms with Crippen LogP contribution in [0, 0.1) is 0 Å². The first-order valence-electron chi connectivity index (χ1n) is 5.14. The molecule has 2 aromatic rings. The minimum Gasteiger partial charge on any atom is -0.0876 e. The van der Waals surface area contributed by atoms with Crippen LogP contribution in [0.2, 0.25) is 0 Å². The largest absolute Gasteiger partial charge is 0.0876 e. The van der Waals surface area contributed by atoms with Crippen LogP contribution in [0.25, 0.3) is 11.1 Å². The minimum absolute atomic E-state index is 0.897. The Bertz CT molecular complexity index is 463. The van der Waals surface area contributed by atoms with E-state index in [1.165, 1.54) is 22.3 Å². The maximum absolute atomic E-state index is 3.54. The molecule has 0 saturated heterocycles. The van der Waals surface area contributed by atoms with Gasteiger partial charge in [0.25, 0.3) is 0 Å². The molecule has 2 aromatic carbocycles. The molecule has 0 nitrogen and oxygen atoms in total. The van der Waals surface area contributed by atoms with E-state index < -0.39 is 0 Å². The first-order chi connectivity index (χ1) is 7.85. The molecule has 0 amide bonds. The fourth-order valence-electron chi connectivity index (χ4n) is 1.69. The molecular formula is C14H12Br2. The Labute approximate surface area is 113 Å². The third-order valence-electron chi connectivity index (χ3n) is 2.60. The van der Waals surface area contributed by atoms with Gasteiger partial charge in [0, 0.05) is 10.7 Å². The molecule has 82 valence electrons. The second-order valence-electron chi connectivity index (χ2n) is 3.62. The van der Waals surface area contributed by atoms with Crippen LogP contribution in [-0.4, -0.2) is 0 Å². The molecule has 0 aliphatic carbocycles. The highest BCUT2D eigenvalue weighted by molar-refractivity contribution is 9.09. The van der Waals surface area contributed by atoms with Gasteiger partial charge in [0.2, 0.25) is 0 Å². The van der Waals surface area contributed by atoms with Crippen molar-refractivity contribution in [1.29, 1.82) is 0 Å². The van der Waals surface area contributed by atoms with E-state index in [1.54, 1.807) is 0 Å². The zero-order valence-electron chi connectivity index (χ0n) is 8.79. The summed E-state index contributed by atoms with van der Waals surface area (Å²) in [5.74, 6) is 0. The van der Waals surface area contributed by atoms with E-state index in [9.17, 15) is 0 Å². The van der Waals surface area contributed by atoms with Gasteiger partial charge in [0.1, 0.15) is 0 Å². The predicted molar refractivity (Wildman–Crippen MR) is 77.1 cm³/mol. The molecule has 0 bridgehead atoms. The van der Waals surface area contributed by atoms with Crippen molar-refractivity contribution >= 4 is 31.9 Å². The molecule has 0 fully saturated rings. The van der Waals surface area contributed by atoms with Gasteiger partial charge in [0.15, 0.2) is 0 Å². The van der Waals surface area contributed by atoms with Gasteiger partial charge in [-0.25, -0.2) is 0 Å². The molecular weight excluding hydrogens is 328 g/mol. The molecule has 0 heterocycles. The number of halogens is 2. The molecule has 0 spiro atoms. The summed E-state index contributed by atoms with van der Waals surface area (Å²) in [6, 6.07) is 17.1. The molecule has 0 aliphatic heterocycles. The van der Waals surface area contributed by atoms with Gasteiger partial charge in [-0.15, -0.1) is 0 Å².